The number of rotatable bonds is 7. The number of likely N-dealkylation sites (tertiary alicyclic amines) is 1. The average Bonchev–Trinajstić information content (AvgIpc) is 2.88. The van der Waals surface area contributed by atoms with Crippen LogP contribution < -0.4 is 9.47 Å². The monoisotopic (exact) mass is 506 g/mol. The molecule has 2 heterocycles. The second-order valence-electron chi connectivity index (χ2n) is 9.14. The highest BCUT2D eigenvalue weighted by atomic mass is 19.4. The molecule has 0 atom stereocenters. The topological polar surface area (TPSA) is 68.3 Å². The molecular weight excluding hydrogens is 477 g/mol. The molecule has 4 rings (SSSR count). The van der Waals surface area contributed by atoms with Crippen molar-refractivity contribution in [1.82, 2.24) is 9.80 Å². The van der Waals surface area contributed by atoms with Crippen molar-refractivity contribution in [2.45, 2.75) is 25.6 Å². The molecule has 0 spiro atoms. The first kappa shape index (κ1) is 25.8. The predicted molar refractivity (Wildman–Crippen MR) is 125 cm³/mol. The van der Waals surface area contributed by atoms with Crippen LogP contribution >= 0.6 is 0 Å². The number of carbonyl (C=O) groups is 2. The first-order chi connectivity index (χ1) is 17.2. The van der Waals surface area contributed by atoms with E-state index in [4.69, 9.17) is 9.47 Å². The summed E-state index contributed by atoms with van der Waals surface area (Å²) in [6, 6.07) is 14.3. The molecule has 0 aliphatic carbocycles. The number of para-hydroxylation sites is 1. The van der Waals surface area contributed by atoms with Crippen LogP contribution in [0.2, 0.25) is 0 Å². The van der Waals surface area contributed by atoms with Crippen LogP contribution in [0.25, 0.3) is 0 Å². The molecular formula is C26H29F3N2O5. The average molecular weight is 507 g/mol. The van der Waals surface area contributed by atoms with Gasteiger partial charge in [0, 0.05) is 43.6 Å². The Bertz CT molecular complexity index is 1020. The van der Waals surface area contributed by atoms with Crippen molar-refractivity contribution in [3.63, 3.8) is 0 Å². The molecule has 0 radical (unpaired) electrons. The highest BCUT2D eigenvalue weighted by Gasteiger charge is 2.40. The number of alkyl halides is 3. The molecule has 0 N–H and O–H groups in total. The fourth-order valence-corrected chi connectivity index (χ4v) is 4.54. The van der Waals surface area contributed by atoms with E-state index in [-0.39, 0.29) is 23.1 Å². The lowest BCUT2D eigenvalue weighted by atomic mass is 9.75. The Kier molecular flexibility index (Phi) is 8.03. The van der Waals surface area contributed by atoms with Gasteiger partial charge in [-0.15, -0.1) is 13.2 Å². The summed E-state index contributed by atoms with van der Waals surface area (Å²) in [7, 11) is 0. The number of piperidine rings is 1. The van der Waals surface area contributed by atoms with Gasteiger partial charge in [-0.2, -0.15) is 0 Å². The quantitative estimate of drug-likeness (QED) is 0.565. The summed E-state index contributed by atoms with van der Waals surface area (Å²) in [5.41, 5.74) is -0.158. The Morgan fingerprint density at radius 1 is 0.861 bits per heavy atom. The summed E-state index contributed by atoms with van der Waals surface area (Å²) in [5.74, 6) is 0.118. The van der Waals surface area contributed by atoms with Crippen LogP contribution in [0.1, 0.15) is 29.6 Å². The molecule has 194 valence electrons. The fourth-order valence-electron chi connectivity index (χ4n) is 4.54. The molecule has 2 saturated heterocycles. The zero-order valence-corrected chi connectivity index (χ0v) is 19.8. The number of carbonyl (C=O) groups excluding carboxylic acids is 2. The summed E-state index contributed by atoms with van der Waals surface area (Å²) in [5, 5.41) is 0. The van der Waals surface area contributed by atoms with Crippen LogP contribution in [-0.2, 0) is 9.53 Å². The Morgan fingerprint density at radius 3 is 2.11 bits per heavy atom. The molecule has 2 amide bonds. The van der Waals surface area contributed by atoms with Crippen molar-refractivity contribution in [3.05, 3.63) is 60.2 Å². The normalized spacial score (nSPS) is 18.0. The summed E-state index contributed by atoms with van der Waals surface area (Å²) >= 11 is 0. The molecule has 2 aliphatic heterocycles. The number of hydrogen-bond acceptors (Lipinski definition) is 5. The third kappa shape index (κ3) is 6.90. The molecule has 36 heavy (non-hydrogen) atoms. The van der Waals surface area contributed by atoms with Gasteiger partial charge >= 0.3 is 6.36 Å². The second kappa shape index (κ2) is 11.2. The van der Waals surface area contributed by atoms with E-state index >= 15 is 0 Å². The number of halogens is 3. The molecule has 2 aromatic carbocycles. The van der Waals surface area contributed by atoms with Gasteiger partial charge in [-0.3, -0.25) is 9.59 Å². The van der Waals surface area contributed by atoms with Crippen molar-refractivity contribution >= 4 is 11.8 Å². The first-order valence-electron chi connectivity index (χ1n) is 11.9. The van der Waals surface area contributed by atoms with E-state index in [1.807, 2.05) is 35.2 Å². The predicted octanol–water partition coefficient (Wildman–Crippen LogP) is 4.14. The first-order valence-corrected chi connectivity index (χ1v) is 11.9. The van der Waals surface area contributed by atoms with Crippen LogP contribution in [0, 0.1) is 5.41 Å². The molecule has 2 fully saturated rings. The minimum atomic E-state index is -4.79. The Hall–Kier alpha value is -3.27. The summed E-state index contributed by atoms with van der Waals surface area (Å²) < 4.78 is 52.5. The van der Waals surface area contributed by atoms with E-state index in [2.05, 4.69) is 4.74 Å². The summed E-state index contributed by atoms with van der Waals surface area (Å²) in [4.78, 5) is 29.6. The molecule has 0 bridgehead atoms. The molecule has 0 unspecified atom stereocenters. The Labute approximate surface area is 207 Å². The van der Waals surface area contributed by atoms with Gasteiger partial charge in [0.1, 0.15) is 11.5 Å². The van der Waals surface area contributed by atoms with E-state index in [1.54, 1.807) is 4.90 Å². The fraction of sp³-hybridized carbons (Fsp3) is 0.462. The van der Waals surface area contributed by atoms with Gasteiger partial charge in [0.15, 0.2) is 0 Å². The van der Waals surface area contributed by atoms with Gasteiger partial charge < -0.3 is 24.0 Å². The smallest absolute Gasteiger partial charge is 0.493 e. The molecule has 0 aromatic heterocycles. The highest BCUT2D eigenvalue weighted by Crippen LogP contribution is 2.37. The van der Waals surface area contributed by atoms with Crippen LogP contribution in [0.4, 0.5) is 13.2 Å². The minimum absolute atomic E-state index is 0.0509. The van der Waals surface area contributed by atoms with Crippen LogP contribution in [0.5, 0.6) is 11.5 Å². The maximum absolute atomic E-state index is 13.1. The van der Waals surface area contributed by atoms with Crippen LogP contribution in [-0.4, -0.2) is 74.0 Å². The SMILES string of the molecule is O=C(CC1(COc2ccccc2)CCN(C(=O)c2ccc(OC(F)(F)F)cc2)CC1)N1CCOCC1. The van der Waals surface area contributed by atoms with E-state index in [1.165, 1.54) is 12.1 Å². The van der Waals surface area contributed by atoms with Crippen molar-refractivity contribution in [1.29, 1.82) is 0 Å². The lowest BCUT2D eigenvalue weighted by molar-refractivity contribution is -0.274. The van der Waals surface area contributed by atoms with Gasteiger partial charge in [-0.25, -0.2) is 0 Å². The van der Waals surface area contributed by atoms with Gasteiger partial charge in [0.25, 0.3) is 5.91 Å². The Morgan fingerprint density at radius 2 is 1.50 bits per heavy atom. The Balaban J connectivity index is 1.41. The van der Waals surface area contributed by atoms with Gasteiger partial charge in [-0.1, -0.05) is 18.2 Å². The number of nitrogens with zero attached hydrogens (tertiary/aromatic N) is 2. The zero-order valence-electron chi connectivity index (χ0n) is 19.8. The number of ether oxygens (including phenoxy) is 3. The number of morpholine rings is 1. The lowest BCUT2D eigenvalue weighted by Crippen LogP contribution is -2.49. The van der Waals surface area contributed by atoms with Crippen LogP contribution in [0.15, 0.2) is 54.6 Å². The minimum Gasteiger partial charge on any atom is -0.493 e. The van der Waals surface area contributed by atoms with Gasteiger partial charge in [0.05, 0.1) is 19.8 Å². The van der Waals surface area contributed by atoms with Crippen molar-refractivity contribution in [2.75, 3.05) is 46.0 Å². The molecule has 7 nitrogen and oxygen atoms in total. The van der Waals surface area contributed by atoms with Crippen LogP contribution in [0.3, 0.4) is 0 Å². The van der Waals surface area contributed by atoms with Gasteiger partial charge in [0.2, 0.25) is 5.91 Å². The number of amides is 2. The van der Waals surface area contributed by atoms with E-state index < -0.39 is 11.8 Å². The second-order valence-corrected chi connectivity index (χ2v) is 9.14. The van der Waals surface area contributed by atoms with E-state index in [9.17, 15) is 22.8 Å². The molecule has 10 heteroatoms. The third-order valence-electron chi connectivity index (χ3n) is 6.62. The molecule has 0 saturated carbocycles. The summed E-state index contributed by atoms with van der Waals surface area (Å²) in [6.45, 7) is 3.34. The van der Waals surface area contributed by atoms with E-state index in [0.29, 0.717) is 65.3 Å². The van der Waals surface area contributed by atoms with Crippen molar-refractivity contribution in [2.24, 2.45) is 5.41 Å². The van der Waals surface area contributed by atoms with Crippen molar-refractivity contribution in [3.8, 4) is 11.5 Å². The largest absolute Gasteiger partial charge is 0.573 e. The number of hydrogen-bond donors (Lipinski definition) is 0. The lowest BCUT2D eigenvalue weighted by Gasteiger charge is -2.42. The standard InChI is InChI=1S/C26H29F3N2O5/c27-26(28,29)36-22-8-6-20(7-9-22)24(33)31-12-10-25(11-13-31,19-35-21-4-2-1-3-5-21)18-23(32)30-14-16-34-17-15-30/h1-9H,10-19H2. The van der Waals surface area contributed by atoms with Crippen molar-refractivity contribution < 1.29 is 37.0 Å². The molecule has 2 aliphatic rings. The third-order valence-corrected chi connectivity index (χ3v) is 6.62. The zero-order chi connectivity index (χ0) is 25.6. The van der Waals surface area contributed by atoms with E-state index in [0.717, 1.165) is 17.9 Å². The van der Waals surface area contributed by atoms with Gasteiger partial charge in [-0.05, 0) is 49.2 Å². The molecule has 2 aromatic rings. The maximum Gasteiger partial charge on any atom is 0.573 e. The highest BCUT2D eigenvalue weighted by molar-refractivity contribution is 5.94. The summed E-state index contributed by atoms with van der Waals surface area (Å²) in [6.07, 6.45) is -3.35. The number of benzene rings is 2. The maximum atomic E-state index is 13.1.